The molecule has 4 atom stereocenters. The lowest BCUT2D eigenvalue weighted by Crippen LogP contribution is -2.53. The number of carbonyl (C=O) groups excluding carboxylic acids is 2. The minimum atomic E-state index is -1.76. The largest absolute Gasteiger partial charge is 0.394 e. The number of allylic oxidation sites excluding steroid dienone is 3. The van der Waals surface area contributed by atoms with Gasteiger partial charge in [-0.15, -0.1) is 0 Å². The van der Waals surface area contributed by atoms with Gasteiger partial charge in [-0.1, -0.05) is 115 Å². The van der Waals surface area contributed by atoms with Crippen molar-refractivity contribution >= 4 is 12.2 Å². The average Bonchev–Trinajstić information content (AvgIpc) is 2.87. The van der Waals surface area contributed by atoms with Crippen molar-refractivity contribution in [1.29, 1.82) is 0 Å². The molecular formula is C28H51NO6. The Kier molecular flexibility index (Phi) is 23.1. The highest BCUT2D eigenvalue weighted by molar-refractivity contribution is 5.89. The van der Waals surface area contributed by atoms with Gasteiger partial charge in [0.25, 0.3) is 0 Å². The molecule has 0 unspecified atom stereocenters. The van der Waals surface area contributed by atoms with E-state index in [1.54, 1.807) is 12.2 Å². The lowest BCUT2D eigenvalue weighted by Gasteiger charge is -2.25. The maximum Gasteiger partial charge on any atom is 0.244 e. The molecule has 7 heteroatoms. The number of aliphatic hydroxyl groups is 4. The van der Waals surface area contributed by atoms with E-state index in [0.29, 0.717) is 0 Å². The van der Waals surface area contributed by atoms with Gasteiger partial charge in [0, 0.05) is 6.08 Å². The number of aliphatic hydroxyl groups excluding tert-OH is 4. The summed E-state index contributed by atoms with van der Waals surface area (Å²) in [7, 11) is 0. The maximum absolute atomic E-state index is 11.9. The molecule has 0 heterocycles. The summed E-state index contributed by atoms with van der Waals surface area (Å²) in [4.78, 5) is 22.9. The van der Waals surface area contributed by atoms with Crippen molar-refractivity contribution in [2.75, 3.05) is 6.61 Å². The summed E-state index contributed by atoms with van der Waals surface area (Å²) in [6.07, 6.45) is 22.7. The summed E-state index contributed by atoms with van der Waals surface area (Å²) in [6.45, 7) is 1.48. The third-order valence-corrected chi connectivity index (χ3v) is 6.22. The molecular weight excluding hydrogens is 446 g/mol. The fraction of sp³-hybridized carbons (Fsp3) is 0.786. The second-order valence-electron chi connectivity index (χ2n) is 9.43. The lowest BCUT2D eigenvalue weighted by atomic mass is 10.0. The van der Waals surface area contributed by atoms with E-state index < -0.39 is 36.9 Å². The van der Waals surface area contributed by atoms with Gasteiger partial charge >= 0.3 is 0 Å². The summed E-state index contributed by atoms with van der Waals surface area (Å²) in [6, 6.07) is -1.40. The van der Waals surface area contributed by atoms with Crippen molar-refractivity contribution in [2.45, 2.75) is 134 Å². The number of aldehydes is 1. The third kappa shape index (κ3) is 19.3. The van der Waals surface area contributed by atoms with Crippen LogP contribution in [-0.2, 0) is 9.59 Å². The normalized spacial score (nSPS) is 15.3. The summed E-state index contributed by atoms with van der Waals surface area (Å²) >= 11 is 0. The van der Waals surface area contributed by atoms with Crippen LogP contribution in [0.25, 0.3) is 0 Å². The Morgan fingerprint density at radius 1 is 0.743 bits per heavy atom. The Hall–Kier alpha value is -1.54. The Balaban J connectivity index is 3.70. The predicted molar refractivity (Wildman–Crippen MR) is 141 cm³/mol. The van der Waals surface area contributed by atoms with Crippen LogP contribution in [-0.4, -0.2) is 63.6 Å². The van der Waals surface area contributed by atoms with Crippen molar-refractivity contribution in [3.05, 3.63) is 24.3 Å². The van der Waals surface area contributed by atoms with Gasteiger partial charge in [0.1, 0.15) is 30.6 Å². The van der Waals surface area contributed by atoms with Gasteiger partial charge in [-0.3, -0.25) is 4.79 Å². The first-order chi connectivity index (χ1) is 17.0. The van der Waals surface area contributed by atoms with Crippen LogP contribution < -0.4 is 5.32 Å². The van der Waals surface area contributed by atoms with E-state index in [1.165, 1.54) is 96.0 Å². The van der Waals surface area contributed by atoms with Gasteiger partial charge in [-0.25, -0.2) is 0 Å². The summed E-state index contributed by atoms with van der Waals surface area (Å²) in [5, 5.41) is 39.9. The second-order valence-corrected chi connectivity index (χ2v) is 9.43. The zero-order valence-electron chi connectivity index (χ0n) is 21.8. The maximum atomic E-state index is 11.9. The number of carbonyl (C=O) groups is 2. The molecule has 204 valence electrons. The molecule has 1 amide bonds. The summed E-state index contributed by atoms with van der Waals surface area (Å²) < 4.78 is 0. The molecule has 0 aliphatic carbocycles. The van der Waals surface area contributed by atoms with Gasteiger partial charge in [0.2, 0.25) is 5.91 Å². The minimum Gasteiger partial charge on any atom is -0.394 e. The first kappa shape index (κ1) is 33.5. The van der Waals surface area contributed by atoms with Crippen molar-refractivity contribution in [2.24, 2.45) is 0 Å². The number of amides is 1. The number of hydrogen-bond donors (Lipinski definition) is 5. The molecule has 35 heavy (non-hydrogen) atoms. The molecule has 0 saturated heterocycles. The van der Waals surface area contributed by atoms with E-state index in [-0.39, 0.29) is 6.29 Å². The average molecular weight is 498 g/mol. The zero-order chi connectivity index (χ0) is 26.2. The quantitative estimate of drug-likeness (QED) is 0.0591. The third-order valence-electron chi connectivity index (χ3n) is 6.22. The smallest absolute Gasteiger partial charge is 0.244 e. The highest BCUT2D eigenvalue weighted by atomic mass is 16.4. The number of hydrogen-bond acceptors (Lipinski definition) is 6. The molecule has 0 aromatic heterocycles. The number of unbranched alkanes of at least 4 members (excludes halogenated alkanes) is 15. The molecule has 7 nitrogen and oxygen atoms in total. The van der Waals surface area contributed by atoms with Gasteiger partial charge in [-0.2, -0.15) is 0 Å². The topological polar surface area (TPSA) is 127 Å². The Morgan fingerprint density at radius 3 is 1.69 bits per heavy atom. The van der Waals surface area contributed by atoms with Gasteiger partial charge < -0.3 is 30.5 Å². The molecule has 0 aromatic carbocycles. The van der Waals surface area contributed by atoms with E-state index in [9.17, 15) is 24.9 Å². The van der Waals surface area contributed by atoms with Crippen LogP contribution in [0, 0.1) is 0 Å². The fourth-order valence-corrected chi connectivity index (χ4v) is 3.91. The molecule has 0 bridgehead atoms. The molecule has 0 aromatic rings. The molecule has 0 saturated carbocycles. The standard InChI is InChI=1S/C28H51NO6/c1-2-3-4-5-6-7-8-9-10-11-12-13-14-15-16-17-18-19-20-21-26(33)29-24(22-30)27(34)28(35)25(32)23-31/h18-22,24-25,27-28,31-32,34-35H,2-17,23H2,1H3,(H,29,33)/t24-,25+,27+,28+/m0/s1. The molecule has 0 aliphatic heterocycles. The second kappa shape index (κ2) is 24.2. The lowest BCUT2D eigenvalue weighted by molar-refractivity contribution is -0.128. The molecule has 0 rings (SSSR count). The van der Waals surface area contributed by atoms with Crippen molar-refractivity contribution in [3.8, 4) is 0 Å². The van der Waals surface area contributed by atoms with Crippen LogP contribution in [0.15, 0.2) is 24.3 Å². The van der Waals surface area contributed by atoms with Crippen molar-refractivity contribution in [3.63, 3.8) is 0 Å². The van der Waals surface area contributed by atoms with Crippen molar-refractivity contribution < 1.29 is 30.0 Å². The minimum absolute atomic E-state index is 0.274. The highest BCUT2D eigenvalue weighted by Crippen LogP contribution is 2.13. The highest BCUT2D eigenvalue weighted by Gasteiger charge is 2.31. The van der Waals surface area contributed by atoms with Crippen LogP contribution in [0.2, 0.25) is 0 Å². The molecule has 0 fully saturated rings. The van der Waals surface area contributed by atoms with Crippen LogP contribution in [0.3, 0.4) is 0 Å². The van der Waals surface area contributed by atoms with Crippen LogP contribution in [0.4, 0.5) is 0 Å². The molecule has 0 aliphatic rings. The summed E-state index contributed by atoms with van der Waals surface area (Å²) in [5.74, 6) is -0.608. The molecule has 0 spiro atoms. The first-order valence-electron chi connectivity index (χ1n) is 13.7. The van der Waals surface area contributed by atoms with Crippen LogP contribution in [0.5, 0.6) is 0 Å². The van der Waals surface area contributed by atoms with Crippen LogP contribution in [0.1, 0.15) is 110 Å². The van der Waals surface area contributed by atoms with Gasteiger partial charge in [0.15, 0.2) is 0 Å². The SMILES string of the molecule is CCCCCCCCCCCCCCCCCC=CC=CC(=O)N[C@@H](C=O)[C@@H](O)[C@H](O)[C@H](O)CO. The van der Waals surface area contributed by atoms with E-state index in [1.807, 2.05) is 6.08 Å². The monoisotopic (exact) mass is 497 g/mol. The Morgan fingerprint density at radius 2 is 1.23 bits per heavy atom. The number of rotatable bonds is 24. The predicted octanol–water partition coefficient (Wildman–Crippen LogP) is 4.12. The van der Waals surface area contributed by atoms with Crippen molar-refractivity contribution in [1.82, 2.24) is 5.32 Å². The zero-order valence-corrected chi connectivity index (χ0v) is 21.8. The van der Waals surface area contributed by atoms with Crippen LogP contribution >= 0.6 is 0 Å². The Labute approximate surface area is 212 Å². The fourth-order valence-electron chi connectivity index (χ4n) is 3.91. The summed E-state index contributed by atoms with van der Waals surface area (Å²) in [5.41, 5.74) is 0. The van der Waals surface area contributed by atoms with E-state index in [2.05, 4.69) is 12.2 Å². The van der Waals surface area contributed by atoms with Gasteiger partial charge in [0.05, 0.1) is 6.61 Å². The van der Waals surface area contributed by atoms with E-state index in [0.717, 1.165) is 12.8 Å². The van der Waals surface area contributed by atoms with Gasteiger partial charge in [-0.05, 0) is 12.8 Å². The molecule has 5 N–H and O–H groups in total. The van der Waals surface area contributed by atoms with E-state index >= 15 is 0 Å². The van der Waals surface area contributed by atoms with E-state index in [4.69, 9.17) is 5.11 Å². The number of nitrogens with one attached hydrogen (secondary N) is 1. The molecule has 0 radical (unpaired) electrons. The Bertz CT molecular complexity index is 566. The first-order valence-corrected chi connectivity index (χ1v) is 13.7.